The highest BCUT2D eigenvalue weighted by atomic mass is 35.5. The van der Waals surface area contributed by atoms with E-state index >= 15 is 0 Å². The minimum absolute atomic E-state index is 0.0509. The molecule has 0 bridgehead atoms. The molecule has 142 valence electrons. The van der Waals surface area contributed by atoms with E-state index in [0.717, 1.165) is 5.56 Å². The van der Waals surface area contributed by atoms with Gasteiger partial charge in [-0.3, -0.25) is 4.79 Å². The average Bonchev–Trinajstić information content (AvgIpc) is 3.22. The number of nitrogens with zero attached hydrogens (tertiary/aromatic N) is 1. The van der Waals surface area contributed by atoms with Crippen LogP contribution in [0.25, 0.3) is 11.4 Å². The molecule has 0 aliphatic carbocycles. The fraction of sp³-hybridized carbons (Fsp3) is 0.0526. The number of imidazole rings is 1. The predicted molar refractivity (Wildman–Crippen MR) is 101 cm³/mol. The summed E-state index contributed by atoms with van der Waals surface area (Å²) in [6.45, 7) is -0.524. The lowest BCUT2D eigenvalue weighted by Crippen LogP contribution is -2.21. The Morgan fingerprint density at radius 1 is 1.14 bits per heavy atom. The van der Waals surface area contributed by atoms with Crippen LogP contribution in [-0.2, 0) is 9.53 Å². The molecule has 3 rings (SSSR count). The van der Waals surface area contributed by atoms with Gasteiger partial charge in [0.1, 0.15) is 5.82 Å². The Hall–Kier alpha value is -3.65. The third kappa shape index (κ3) is 4.54. The summed E-state index contributed by atoms with van der Waals surface area (Å²) in [7, 11) is 0. The van der Waals surface area contributed by atoms with Gasteiger partial charge < -0.3 is 20.1 Å². The van der Waals surface area contributed by atoms with Crippen molar-refractivity contribution in [2.75, 3.05) is 11.9 Å². The molecule has 8 nitrogen and oxygen atoms in total. The van der Waals surface area contributed by atoms with Gasteiger partial charge in [0.05, 0.1) is 16.1 Å². The number of carbonyl (C=O) groups excluding carboxylic acids is 2. The molecule has 0 unspecified atom stereocenters. The number of ether oxygens (including phenoxy) is 1. The Bertz CT molecular complexity index is 1020. The summed E-state index contributed by atoms with van der Waals surface area (Å²) in [5.74, 6) is -1.82. The van der Waals surface area contributed by atoms with Crippen LogP contribution in [0.1, 0.15) is 20.7 Å². The van der Waals surface area contributed by atoms with Crippen LogP contribution in [0, 0.1) is 0 Å². The van der Waals surface area contributed by atoms with Gasteiger partial charge in [-0.2, -0.15) is 0 Å². The van der Waals surface area contributed by atoms with Crippen molar-refractivity contribution >= 4 is 35.1 Å². The zero-order valence-electron chi connectivity index (χ0n) is 14.3. The summed E-state index contributed by atoms with van der Waals surface area (Å²) in [4.78, 5) is 42.1. The number of amides is 1. The zero-order valence-corrected chi connectivity index (χ0v) is 15.1. The number of carboxylic acid groups (broad SMARTS) is 1. The minimum Gasteiger partial charge on any atom is -0.478 e. The molecular formula is C19H14ClN3O5. The van der Waals surface area contributed by atoms with E-state index in [4.69, 9.17) is 21.4 Å². The summed E-state index contributed by atoms with van der Waals surface area (Å²) in [5.41, 5.74) is 1.16. The van der Waals surface area contributed by atoms with E-state index in [1.807, 2.05) is 0 Å². The van der Waals surface area contributed by atoms with Crippen LogP contribution in [0.2, 0.25) is 5.02 Å². The van der Waals surface area contributed by atoms with E-state index in [2.05, 4.69) is 15.3 Å². The molecule has 0 atom stereocenters. The van der Waals surface area contributed by atoms with Gasteiger partial charge in [-0.1, -0.05) is 23.7 Å². The third-order valence-corrected chi connectivity index (χ3v) is 4.04. The quantitative estimate of drug-likeness (QED) is 0.547. The number of anilines is 1. The van der Waals surface area contributed by atoms with Gasteiger partial charge in [-0.15, -0.1) is 0 Å². The maximum absolute atomic E-state index is 12.1. The standard InChI is InChI=1S/C19H14ClN3O5/c20-15-6-5-13(9-14(15)18(25)26)23-16(24)10-28-19(27)12-3-1-11(2-4-12)17-21-7-8-22-17/h1-9H,10H2,(H,21,22)(H,23,24)(H,25,26). The Balaban J connectivity index is 1.56. The van der Waals surface area contributed by atoms with Crippen molar-refractivity contribution in [2.45, 2.75) is 0 Å². The number of benzene rings is 2. The molecule has 3 N–H and O–H groups in total. The molecule has 28 heavy (non-hydrogen) atoms. The lowest BCUT2D eigenvalue weighted by atomic mass is 10.1. The zero-order chi connectivity index (χ0) is 20.1. The van der Waals surface area contributed by atoms with Gasteiger partial charge in [0.15, 0.2) is 6.61 Å². The van der Waals surface area contributed by atoms with Crippen LogP contribution in [0.4, 0.5) is 5.69 Å². The van der Waals surface area contributed by atoms with Crippen LogP contribution >= 0.6 is 11.6 Å². The molecule has 1 amide bonds. The molecule has 9 heteroatoms. The molecule has 1 aromatic heterocycles. The Morgan fingerprint density at radius 3 is 2.54 bits per heavy atom. The van der Waals surface area contributed by atoms with E-state index < -0.39 is 24.5 Å². The lowest BCUT2D eigenvalue weighted by molar-refractivity contribution is -0.119. The van der Waals surface area contributed by atoms with Crippen LogP contribution in [0.15, 0.2) is 54.9 Å². The summed E-state index contributed by atoms with van der Waals surface area (Å²) in [6.07, 6.45) is 3.31. The van der Waals surface area contributed by atoms with Crippen molar-refractivity contribution in [3.8, 4) is 11.4 Å². The number of aromatic carboxylic acids is 1. The van der Waals surface area contributed by atoms with Crippen molar-refractivity contribution in [1.29, 1.82) is 0 Å². The van der Waals surface area contributed by atoms with Gasteiger partial charge in [-0.25, -0.2) is 14.6 Å². The second-order valence-electron chi connectivity index (χ2n) is 5.64. The number of rotatable bonds is 6. The molecule has 1 heterocycles. The van der Waals surface area contributed by atoms with Gasteiger partial charge in [0, 0.05) is 23.6 Å². The molecule has 3 aromatic rings. The molecule has 0 aliphatic rings. The van der Waals surface area contributed by atoms with Gasteiger partial charge in [0.2, 0.25) is 0 Å². The van der Waals surface area contributed by atoms with E-state index in [1.165, 1.54) is 18.2 Å². The number of hydrogen-bond donors (Lipinski definition) is 3. The average molecular weight is 400 g/mol. The number of carbonyl (C=O) groups is 3. The molecule has 0 radical (unpaired) electrons. The largest absolute Gasteiger partial charge is 0.478 e. The maximum atomic E-state index is 12.1. The van der Waals surface area contributed by atoms with Crippen molar-refractivity contribution in [3.05, 3.63) is 71.0 Å². The number of aromatic nitrogens is 2. The number of carboxylic acids is 1. The first-order chi connectivity index (χ1) is 13.4. The van der Waals surface area contributed by atoms with Crippen LogP contribution < -0.4 is 5.32 Å². The monoisotopic (exact) mass is 399 g/mol. The second-order valence-corrected chi connectivity index (χ2v) is 6.05. The van der Waals surface area contributed by atoms with Crippen molar-refractivity contribution < 1.29 is 24.2 Å². The van der Waals surface area contributed by atoms with E-state index in [1.54, 1.807) is 36.7 Å². The van der Waals surface area contributed by atoms with Crippen LogP contribution in [0.3, 0.4) is 0 Å². The third-order valence-electron chi connectivity index (χ3n) is 3.71. The molecular weight excluding hydrogens is 386 g/mol. The fourth-order valence-electron chi connectivity index (χ4n) is 2.37. The Kier molecular flexibility index (Phi) is 5.71. The van der Waals surface area contributed by atoms with Crippen LogP contribution in [-0.4, -0.2) is 39.5 Å². The summed E-state index contributed by atoms with van der Waals surface area (Å²) in [5, 5.41) is 11.5. The highest BCUT2D eigenvalue weighted by molar-refractivity contribution is 6.33. The fourth-order valence-corrected chi connectivity index (χ4v) is 2.56. The van der Waals surface area contributed by atoms with Gasteiger partial charge >= 0.3 is 11.9 Å². The number of H-pyrrole nitrogens is 1. The topological polar surface area (TPSA) is 121 Å². The normalized spacial score (nSPS) is 10.3. The molecule has 0 spiro atoms. The van der Waals surface area contributed by atoms with Gasteiger partial charge in [-0.05, 0) is 30.3 Å². The van der Waals surface area contributed by atoms with Crippen molar-refractivity contribution in [3.63, 3.8) is 0 Å². The SMILES string of the molecule is O=C(COC(=O)c1ccc(-c2ncc[nH]2)cc1)Nc1ccc(Cl)c(C(=O)O)c1. The highest BCUT2D eigenvalue weighted by Gasteiger charge is 2.13. The maximum Gasteiger partial charge on any atom is 0.338 e. The number of esters is 1. The molecule has 0 saturated heterocycles. The Labute approximate surface area is 164 Å². The van der Waals surface area contributed by atoms with E-state index in [0.29, 0.717) is 5.82 Å². The van der Waals surface area contributed by atoms with E-state index in [-0.39, 0.29) is 21.8 Å². The Morgan fingerprint density at radius 2 is 1.89 bits per heavy atom. The first-order valence-electron chi connectivity index (χ1n) is 8.03. The van der Waals surface area contributed by atoms with E-state index in [9.17, 15) is 14.4 Å². The van der Waals surface area contributed by atoms with Crippen LogP contribution in [0.5, 0.6) is 0 Å². The molecule has 0 aliphatic heterocycles. The first kappa shape index (κ1) is 19.1. The van der Waals surface area contributed by atoms with Crippen molar-refractivity contribution in [2.24, 2.45) is 0 Å². The van der Waals surface area contributed by atoms with Gasteiger partial charge in [0.25, 0.3) is 5.91 Å². The number of halogens is 1. The smallest absolute Gasteiger partial charge is 0.338 e. The second kappa shape index (κ2) is 8.36. The summed E-state index contributed by atoms with van der Waals surface area (Å²) >= 11 is 5.77. The molecule has 0 fully saturated rings. The first-order valence-corrected chi connectivity index (χ1v) is 8.41. The molecule has 0 saturated carbocycles. The molecule has 2 aromatic carbocycles. The summed E-state index contributed by atoms with van der Waals surface area (Å²) < 4.78 is 4.98. The number of nitrogens with one attached hydrogen (secondary N) is 2. The number of aromatic amines is 1. The lowest BCUT2D eigenvalue weighted by Gasteiger charge is -2.08. The summed E-state index contributed by atoms with van der Waals surface area (Å²) in [6, 6.07) is 10.6. The highest BCUT2D eigenvalue weighted by Crippen LogP contribution is 2.20. The number of hydrogen-bond acceptors (Lipinski definition) is 5. The minimum atomic E-state index is -1.22. The predicted octanol–water partition coefficient (Wildman–Crippen LogP) is 3.22. The van der Waals surface area contributed by atoms with Crippen molar-refractivity contribution in [1.82, 2.24) is 9.97 Å².